The second kappa shape index (κ2) is 15.3. The molecule has 0 radical (unpaired) electrons. The SMILES string of the molecule is CC1(C)O[C@H]2O[C@H]([C@@H](N)CC(=O)O)[C@H](OCc3ccccc3)[C@H]2O1.CC1(C)O[C@H]2O[C@H]([C@H](N)CC(=O)O)[C@H](OCc3ccccc3)[C@H]2O1. The molecule has 0 bridgehead atoms. The molecule has 10 atom stereocenters. The number of nitrogens with two attached hydrogens (primary N) is 2. The number of fused-ring (bicyclic) bond motifs is 2. The van der Waals surface area contributed by atoms with Crippen molar-refractivity contribution in [2.75, 3.05) is 0 Å². The highest BCUT2D eigenvalue weighted by atomic mass is 16.9. The number of benzene rings is 2. The van der Waals surface area contributed by atoms with Gasteiger partial charge in [0.05, 0.1) is 26.1 Å². The quantitative estimate of drug-likeness (QED) is 0.256. The van der Waals surface area contributed by atoms with E-state index in [1.54, 1.807) is 27.7 Å². The Morgan fingerprint density at radius 2 is 1.02 bits per heavy atom. The van der Waals surface area contributed by atoms with Gasteiger partial charge in [-0.3, -0.25) is 9.59 Å². The fourth-order valence-electron chi connectivity index (χ4n) is 6.25. The van der Waals surface area contributed by atoms with Crippen LogP contribution >= 0.6 is 0 Å². The van der Waals surface area contributed by atoms with Gasteiger partial charge in [-0.05, 0) is 38.8 Å². The third-order valence-electron chi connectivity index (χ3n) is 8.29. The highest BCUT2D eigenvalue weighted by Gasteiger charge is 2.58. The van der Waals surface area contributed by atoms with E-state index in [9.17, 15) is 9.59 Å². The van der Waals surface area contributed by atoms with Gasteiger partial charge < -0.3 is 59.6 Å². The van der Waals surface area contributed by atoms with Gasteiger partial charge in [-0.2, -0.15) is 0 Å². The van der Waals surface area contributed by atoms with Crippen LogP contribution in [0.25, 0.3) is 0 Å². The lowest BCUT2D eigenvalue weighted by Gasteiger charge is -2.28. The Morgan fingerprint density at radius 3 is 1.35 bits per heavy atom. The summed E-state index contributed by atoms with van der Waals surface area (Å²) in [4.78, 5) is 21.9. The molecule has 6 rings (SSSR count). The van der Waals surface area contributed by atoms with E-state index in [1.165, 1.54) is 0 Å². The van der Waals surface area contributed by atoms with Crippen molar-refractivity contribution in [3.8, 4) is 0 Å². The monoisotopic (exact) mass is 674 g/mol. The van der Waals surface area contributed by atoms with Crippen LogP contribution in [0, 0.1) is 0 Å². The van der Waals surface area contributed by atoms with E-state index in [1.807, 2.05) is 60.7 Å². The molecule has 264 valence electrons. The molecule has 0 unspecified atom stereocenters. The van der Waals surface area contributed by atoms with Gasteiger partial charge in [-0.15, -0.1) is 0 Å². The summed E-state index contributed by atoms with van der Waals surface area (Å²) >= 11 is 0. The van der Waals surface area contributed by atoms with E-state index in [4.69, 9.17) is 59.6 Å². The third-order valence-corrected chi connectivity index (χ3v) is 8.29. The number of aliphatic carboxylic acids is 2. The molecule has 2 aromatic carbocycles. The maximum absolute atomic E-state index is 11.0. The normalized spacial score (nSPS) is 32.5. The minimum Gasteiger partial charge on any atom is -0.481 e. The van der Waals surface area contributed by atoms with E-state index >= 15 is 0 Å². The van der Waals surface area contributed by atoms with Crippen molar-refractivity contribution >= 4 is 11.9 Å². The number of carboxylic acid groups (broad SMARTS) is 2. The fourth-order valence-corrected chi connectivity index (χ4v) is 6.25. The largest absolute Gasteiger partial charge is 0.481 e. The Labute approximate surface area is 279 Å². The molecule has 4 fully saturated rings. The number of hydrogen-bond acceptors (Lipinski definition) is 12. The minimum atomic E-state index is -0.980. The van der Waals surface area contributed by atoms with E-state index < -0.39 is 84.8 Å². The zero-order valence-corrected chi connectivity index (χ0v) is 27.5. The molecule has 4 aliphatic rings. The highest BCUT2D eigenvalue weighted by Crippen LogP contribution is 2.41. The topological polar surface area (TPSA) is 200 Å². The molecule has 0 aliphatic carbocycles. The maximum Gasteiger partial charge on any atom is 0.305 e. The molecule has 0 aromatic heterocycles. The van der Waals surface area contributed by atoms with Gasteiger partial charge in [-0.1, -0.05) is 60.7 Å². The van der Waals surface area contributed by atoms with Gasteiger partial charge in [0.1, 0.15) is 36.6 Å². The van der Waals surface area contributed by atoms with E-state index in [0.29, 0.717) is 13.2 Å². The first-order valence-electron chi connectivity index (χ1n) is 16.0. The molecule has 0 spiro atoms. The van der Waals surface area contributed by atoms with Crippen molar-refractivity contribution in [2.45, 2.75) is 127 Å². The van der Waals surface area contributed by atoms with E-state index in [-0.39, 0.29) is 12.8 Å². The lowest BCUT2D eigenvalue weighted by molar-refractivity contribution is -0.222. The van der Waals surface area contributed by atoms with Crippen LogP contribution in [0.3, 0.4) is 0 Å². The Balaban J connectivity index is 0.000000188. The lowest BCUT2D eigenvalue weighted by Crippen LogP contribution is -2.47. The van der Waals surface area contributed by atoms with Crippen LogP contribution in [0.15, 0.2) is 60.7 Å². The first kappa shape index (κ1) is 36.3. The molecule has 14 nitrogen and oxygen atoms in total. The predicted octanol–water partition coefficient (Wildman–Crippen LogP) is 2.50. The Kier molecular flexibility index (Phi) is 11.5. The van der Waals surface area contributed by atoms with Crippen molar-refractivity contribution in [3.63, 3.8) is 0 Å². The molecule has 48 heavy (non-hydrogen) atoms. The second-order valence-electron chi connectivity index (χ2n) is 13.2. The predicted molar refractivity (Wildman–Crippen MR) is 168 cm³/mol. The van der Waals surface area contributed by atoms with Gasteiger partial charge in [0, 0.05) is 12.1 Å². The molecule has 0 saturated carbocycles. The van der Waals surface area contributed by atoms with Gasteiger partial charge in [0.15, 0.2) is 24.2 Å². The van der Waals surface area contributed by atoms with Crippen LogP contribution < -0.4 is 11.5 Å². The lowest BCUT2D eigenvalue weighted by atomic mass is 10.0. The van der Waals surface area contributed by atoms with Crippen molar-refractivity contribution in [1.29, 1.82) is 0 Å². The van der Waals surface area contributed by atoms with Crippen molar-refractivity contribution in [3.05, 3.63) is 71.8 Å². The minimum absolute atomic E-state index is 0.210. The molecule has 2 aromatic rings. The average molecular weight is 675 g/mol. The van der Waals surface area contributed by atoms with Gasteiger partial charge in [0.2, 0.25) is 0 Å². The molecule has 6 N–H and O–H groups in total. The summed E-state index contributed by atoms with van der Waals surface area (Å²) in [7, 11) is 0. The van der Waals surface area contributed by atoms with Crippen LogP contribution in [0.4, 0.5) is 0 Å². The van der Waals surface area contributed by atoms with E-state index in [0.717, 1.165) is 11.1 Å². The molecule has 0 amide bonds. The Bertz CT molecular complexity index is 1260. The van der Waals surface area contributed by atoms with Crippen molar-refractivity contribution in [1.82, 2.24) is 0 Å². The number of rotatable bonds is 12. The zero-order valence-electron chi connectivity index (χ0n) is 27.5. The maximum atomic E-state index is 11.0. The number of carboxylic acids is 2. The molecule has 4 heterocycles. The highest BCUT2D eigenvalue weighted by molar-refractivity contribution is 5.68. The summed E-state index contributed by atoms with van der Waals surface area (Å²) in [5.41, 5.74) is 14.0. The smallest absolute Gasteiger partial charge is 0.305 e. The van der Waals surface area contributed by atoms with Crippen LogP contribution in [-0.2, 0) is 60.7 Å². The van der Waals surface area contributed by atoms with Gasteiger partial charge in [-0.25, -0.2) is 0 Å². The van der Waals surface area contributed by atoms with Crippen molar-refractivity contribution < 1.29 is 57.7 Å². The van der Waals surface area contributed by atoms with Crippen LogP contribution in [0.1, 0.15) is 51.7 Å². The van der Waals surface area contributed by atoms with Crippen LogP contribution in [-0.4, -0.2) is 95.0 Å². The fraction of sp³-hybridized carbons (Fsp3) is 0.588. The molecule has 14 heteroatoms. The zero-order chi connectivity index (χ0) is 34.6. The summed E-state index contributed by atoms with van der Waals surface area (Å²) in [6.45, 7) is 7.92. The third kappa shape index (κ3) is 9.15. The summed E-state index contributed by atoms with van der Waals surface area (Å²) in [6, 6.07) is 18.0. The summed E-state index contributed by atoms with van der Waals surface area (Å²) < 4.78 is 46.9. The van der Waals surface area contributed by atoms with Crippen molar-refractivity contribution in [2.24, 2.45) is 11.5 Å². The molecule has 4 aliphatic heterocycles. The molecular weight excluding hydrogens is 628 g/mol. The molecular formula is C34H46N2O12. The van der Waals surface area contributed by atoms with Crippen LogP contribution in [0.5, 0.6) is 0 Å². The van der Waals surface area contributed by atoms with Gasteiger partial charge >= 0.3 is 11.9 Å². The molecule has 4 saturated heterocycles. The van der Waals surface area contributed by atoms with E-state index in [2.05, 4.69) is 0 Å². The summed E-state index contributed by atoms with van der Waals surface area (Å²) in [6.07, 6.45) is -4.69. The summed E-state index contributed by atoms with van der Waals surface area (Å²) in [5, 5.41) is 18.0. The number of ether oxygens (including phenoxy) is 8. The standard InChI is InChI=1S/2C17H23NO6/c2*1-17(2)23-15-14(21-9-10-6-4-3-5-7-10)13(22-16(15)24-17)11(18)8-12(19)20/h2*3-7,11,13-16H,8-9,18H2,1-2H3,(H,19,20)/t11-,13+,14-,15+,16+;11-,13-,14+,15-,16-/m01/s1. The second-order valence-corrected chi connectivity index (χ2v) is 13.2. The first-order valence-corrected chi connectivity index (χ1v) is 16.0. The number of hydrogen-bond donors (Lipinski definition) is 4. The van der Waals surface area contributed by atoms with Gasteiger partial charge in [0.25, 0.3) is 0 Å². The first-order chi connectivity index (χ1) is 22.7. The summed E-state index contributed by atoms with van der Waals surface area (Å²) in [5.74, 6) is -3.50. The van der Waals surface area contributed by atoms with Crippen LogP contribution in [0.2, 0.25) is 0 Å². The number of carbonyl (C=O) groups is 2. The Hall–Kier alpha value is -3.02. The Morgan fingerprint density at radius 1 is 0.667 bits per heavy atom. The average Bonchev–Trinajstić information content (AvgIpc) is 3.70.